The number of nitrogens with one attached hydrogen (secondary N) is 1. The second kappa shape index (κ2) is 5.04. The van der Waals surface area contributed by atoms with Crippen molar-refractivity contribution in [2.45, 2.75) is 19.8 Å². The van der Waals surface area contributed by atoms with Crippen molar-refractivity contribution in [3.63, 3.8) is 0 Å². The average Bonchev–Trinajstić information content (AvgIpc) is 3.10. The number of benzene rings is 1. The van der Waals surface area contributed by atoms with Crippen molar-refractivity contribution < 1.29 is 0 Å². The first-order valence-corrected chi connectivity index (χ1v) is 8.22. The molecule has 0 bridgehead atoms. The van der Waals surface area contributed by atoms with Gasteiger partial charge in [-0.15, -0.1) is 11.3 Å². The van der Waals surface area contributed by atoms with Crippen molar-refractivity contribution in [1.82, 2.24) is 9.38 Å². The number of fused-ring (bicyclic) bond motifs is 5. The summed E-state index contributed by atoms with van der Waals surface area (Å²) in [6, 6.07) is 12.8. The number of unbranched alkanes of at least 4 members (excludes halogenated alkanes) is 1. The molecule has 0 aliphatic rings. The summed E-state index contributed by atoms with van der Waals surface area (Å²) in [6.45, 7) is 3.18. The number of hydrogen-bond donors (Lipinski definition) is 1. The van der Waals surface area contributed by atoms with Crippen LogP contribution >= 0.6 is 11.3 Å². The molecule has 0 atom stereocenters. The predicted molar refractivity (Wildman–Crippen MR) is 91.5 cm³/mol. The van der Waals surface area contributed by atoms with Crippen molar-refractivity contribution in [3.05, 3.63) is 42.6 Å². The normalized spacial score (nSPS) is 11.7. The molecule has 0 aliphatic carbocycles. The molecular formula is C17H17N3S. The van der Waals surface area contributed by atoms with Gasteiger partial charge in [0.1, 0.15) is 4.83 Å². The van der Waals surface area contributed by atoms with Gasteiger partial charge in [0, 0.05) is 22.8 Å². The molecule has 4 heteroatoms. The highest BCUT2D eigenvalue weighted by Crippen LogP contribution is 2.34. The number of aromatic nitrogens is 2. The Kier molecular flexibility index (Phi) is 3.04. The molecular weight excluding hydrogens is 278 g/mol. The Bertz CT molecular complexity index is 920. The second-order valence-corrected chi connectivity index (χ2v) is 6.29. The highest BCUT2D eigenvalue weighted by atomic mass is 32.1. The van der Waals surface area contributed by atoms with Crippen LogP contribution in [0.5, 0.6) is 0 Å². The number of anilines is 1. The molecule has 0 fully saturated rings. The van der Waals surface area contributed by atoms with Crippen molar-refractivity contribution >= 4 is 43.1 Å². The van der Waals surface area contributed by atoms with Gasteiger partial charge < -0.3 is 9.72 Å². The van der Waals surface area contributed by atoms with E-state index in [1.54, 1.807) is 11.3 Å². The second-order valence-electron chi connectivity index (χ2n) is 5.26. The van der Waals surface area contributed by atoms with E-state index < -0.39 is 0 Å². The van der Waals surface area contributed by atoms with Gasteiger partial charge in [0.05, 0.1) is 11.0 Å². The van der Waals surface area contributed by atoms with Gasteiger partial charge in [-0.05, 0) is 24.6 Å². The maximum absolute atomic E-state index is 4.87. The van der Waals surface area contributed by atoms with Gasteiger partial charge in [0.2, 0.25) is 0 Å². The van der Waals surface area contributed by atoms with Crippen LogP contribution in [0.3, 0.4) is 0 Å². The van der Waals surface area contributed by atoms with E-state index in [1.165, 1.54) is 28.4 Å². The van der Waals surface area contributed by atoms with Crippen molar-refractivity contribution in [2.24, 2.45) is 0 Å². The summed E-state index contributed by atoms with van der Waals surface area (Å²) in [6.07, 6.45) is 4.48. The highest BCUT2D eigenvalue weighted by molar-refractivity contribution is 7.25. The lowest BCUT2D eigenvalue weighted by molar-refractivity contribution is 0.832. The van der Waals surface area contributed by atoms with Gasteiger partial charge in [0.25, 0.3) is 0 Å². The van der Waals surface area contributed by atoms with Crippen LogP contribution in [0.4, 0.5) is 5.82 Å². The molecule has 1 aromatic carbocycles. The number of rotatable bonds is 4. The molecule has 0 aliphatic heterocycles. The zero-order valence-corrected chi connectivity index (χ0v) is 12.8. The fraction of sp³-hybridized carbons (Fsp3) is 0.235. The predicted octanol–water partition coefficient (Wildman–Crippen LogP) is 4.91. The minimum atomic E-state index is 0.973. The summed E-state index contributed by atoms with van der Waals surface area (Å²) in [4.78, 5) is 5.97. The van der Waals surface area contributed by atoms with Crippen molar-refractivity contribution in [2.75, 3.05) is 11.9 Å². The number of thiophene rings is 1. The smallest absolute Gasteiger partial charge is 0.152 e. The minimum absolute atomic E-state index is 0.973. The lowest BCUT2D eigenvalue weighted by atomic mass is 10.2. The summed E-state index contributed by atoms with van der Waals surface area (Å²) in [5, 5.41) is 4.77. The Morgan fingerprint density at radius 1 is 1.19 bits per heavy atom. The molecule has 0 unspecified atom stereocenters. The van der Waals surface area contributed by atoms with E-state index in [2.05, 4.69) is 59.2 Å². The Hall–Kier alpha value is -2.07. The third-order valence-electron chi connectivity index (χ3n) is 3.82. The van der Waals surface area contributed by atoms with Gasteiger partial charge in [-0.2, -0.15) is 0 Å². The number of nitrogens with zero attached hydrogens (tertiary/aromatic N) is 2. The van der Waals surface area contributed by atoms with E-state index in [1.807, 2.05) is 0 Å². The molecule has 106 valence electrons. The van der Waals surface area contributed by atoms with Crippen LogP contribution in [-0.2, 0) is 0 Å². The van der Waals surface area contributed by atoms with E-state index in [-0.39, 0.29) is 0 Å². The largest absolute Gasteiger partial charge is 0.368 e. The van der Waals surface area contributed by atoms with Gasteiger partial charge >= 0.3 is 0 Å². The fourth-order valence-electron chi connectivity index (χ4n) is 2.77. The van der Waals surface area contributed by atoms with Crippen molar-refractivity contribution in [1.29, 1.82) is 0 Å². The van der Waals surface area contributed by atoms with Crippen LogP contribution in [0.1, 0.15) is 19.8 Å². The van der Waals surface area contributed by atoms with Crippen LogP contribution in [0, 0.1) is 0 Å². The molecule has 4 aromatic rings. The fourth-order valence-corrected chi connectivity index (χ4v) is 3.84. The van der Waals surface area contributed by atoms with E-state index in [4.69, 9.17) is 4.98 Å². The third kappa shape index (κ3) is 1.98. The first-order valence-electron chi connectivity index (χ1n) is 7.40. The third-order valence-corrected chi connectivity index (χ3v) is 4.87. The maximum Gasteiger partial charge on any atom is 0.152 e. The highest BCUT2D eigenvalue weighted by Gasteiger charge is 2.12. The van der Waals surface area contributed by atoms with Crippen LogP contribution < -0.4 is 5.32 Å². The van der Waals surface area contributed by atoms with Crippen LogP contribution in [-0.4, -0.2) is 15.9 Å². The Labute approximate surface area is 127 Å². The van der Waals surface area contributed by atoms with Gasteiger partial charge in [-0.1, -0.05) is 31.5 Å². The standard InChI is InChI=1S/C17H17N3S/c1-2-3-10-18-16-13-8-6-11-20(13)15-12-7-4-5-9-14(12)21-17(15)19-16/h4-9,11H,2-3,10H2,1H3,(H,18,19). The Balaban J connectivity index is 1.98. The van der Waals surface area contributed by atoms with E-state index in [0.29, 0.717) is 0 Å². The van der Waals surface area contributed by atoms with Crippen molar-refractivity contribution in [3.8, 4) is 0 Å². The molecule has 1 N–H and O–H groups in total. The molecule has 0 spiro atoms. The average molecular weight is 295 g/mol. The summed E-state index contributed by atoms with van der Waals surface area (Å²) in [5.74, 6) is 0.993. The molecule has 0 saturated heterocycles. The zero-order valence-electron chi connectivity index (χ0n) is 12.0. The van der Waals surface area contributed by atoms with Crippen LogP contribution in [0.15, 0.2) is 42.6 Å². The summed E-state index contributed by atoms with van der Waals surface area (Å²) < 4.78 is 3.55. The molecule has 3 nitrogen and oxygen atoms in total. The van der Waals surface area contributed by atoms with E-state index in [9.17, 15) is 0 Å². The van der Waals surface area contributed by atoms with Gasteiger partial charge in [-0.3, -0.25) is 0 Å². The topological polar surface area (TPSA) is 29.3 Å². The summed E-state index contributed by atoms with van der Waals surface area (Å²) >= 11 is 1.76. The molecule has 0 amide bonds. The molecule has 3 aromatic heterocycles. The molecule has 4 rings (SSSR count). The van der Waals surface area contributed by atoms with E-state index in [0.717, 1.165) is 22.7 Å². The molecule has 0 saturated carbocycles. The molecule has 21 heavy (non-hydrogen) atoms. The quantitative estimate of drug-likeness (QED) is 0.542. The molecule has 0 radical (unpaired) electrons. The lowest BCUT2D eigenvalue weighted by Gasteiger charge is -2.08. The zero-order chi connectivity index (χ0) is 14.2. The Morgan fingerprint density at radius 3 is 3.00 bits per heavy atom. The van der Waals surface area contributed by atoms with Crippen LogP contribution in [0.25, 0.3) is 25.9 Å². The summed E-state index contributed by atoms with van der Waals surface area (Å²) in [7, 11) is 0. The van der Waals surface area contributed by atoms with Gasteiger partial charge in [-0.25, -0.2) is 4.98 Å². The van der Waals surface area contributed by atoms with Crippen LogP contribution in [0.2, 0.25) is 0 Å². The maximum atomic E-state index is 4.87. The monoisotopic (exact) mass is 295 g/mol. The van der Waals surface area contributed by atoms with Gasteiger partial charge in [0.15, 0.2) is 5.82 Å². The van der Waals surface area contributed by atoms with E-state index >= 15 is 0 Å². The minimum Gasteiger partial charge on any atom is -0.368 e. The number of hydrogen-bond acceptors (Lipinski definition) is 3. The first kappa shape index (κ1) is 12.7. The Morgan fingerprint density at radius 2 is 2.10 bits per heavy atom. The summed E-state index contributed by atoms with van der Waals surface area (Å²) in [5.41, 5.74) is 2.37. The lowest BCUT2D eigenvalue weighted by Crippen LogP contribution is -2.04. The SMILES string of the molecule is CCCCNc1nc2sc3ccccc3c2n2cccc12. The first-order chi connectivity index (χ1) is 10.4. The molecule has 3 heterocycles.